The normalized spacial score (nSPS) is 11.5. The number of halogens is 3. The van der Waals surface area contributed by atoms with Gasteiger partial charge in [0.1, 0.15) is 0 Å². The molecule has 0 fully saturated rings. The van der Waals surface area contributed by atoms with Crippen molar-refractivity contribution in [1.29, 1.82) is 0 Å². The Morgan fingerprint density at radius 3 is 2.48 bits per heavy atom. The number of benzene rings is 1. The number of carbonyl (C=O) groups is 1. The fourth-order valence-corrected chi connectivity index (χ4v) is 3.64. The first-order valence-electron chi connectivity index (χ1n) is 10.1. The van der Waals surface area contributed by atoms with E-state index in [4.69, 9.17) is 0 Å². The van der Waals surface area contributed by atoms with E-state index in [1.807, 2.05) is 13.8 Å². The van der Waals surface area contributed by atoms with Gasteiger partial charge >= 0.3 is 6.18 Å². The van der Waals surface area contributed by atoms with Crippen LogP contribution in [0.15, 0.2) is 23.4 Å². The number of anilines is 4. The molecule has 14 heteroatoms. The Balaban J connectivity index is 1.80. The third kappa shape index (κ3) is 5.74. The van der Waals surface area contributed by atoms with Crippen LogP contribution in [-0.4, -0.2) is 63.4 Å². The van der Waals surface area contributed by atoms with Crippen molar-refractivity contribution in [3.63, 3.8) is 0 Å². The van der Waals surface area contributed by atoms with Crippen molar-refractivity contribution in [1.82, 2.24) is 24.6 Å². The van der Waals surface area contributed by atoms with Crippen LogP contribution in [0.2, 0.25) is 0 Å². The molecule has 0 spiro atoms. The highest BCUT2D eigenvalue weighted by atomic mass is 32.2. The molecule has 0 radical (unpaired) electrons. The van der Waals surface area contributed by atoms with Crippen LogP contribution in [0.25, 0.3) is 5.78 Å². The fourth-order valence-electron chi connectivity index (χ4n) is 2.92. The molecule has 0 aliphatic heterocycles. The van der Waals surface area contributed by atoms with E-state index < -0.39 is 17.6 Å². The van der Waals surface area contributed by atoms with Gasteiger partial charge in [-0.05, 0) is 32.0 Å². The first-order chi connectivity index (χ1) is 15.6. The van der Waals surface area contributed by atoms with Gasteiger partial charge in [0, 0.05) is 27.2 Å². The van der Waals surface area contributed by atoms with E-state index in [9.17, 15) is 18.0 Å². The summed E-state index contributed by atoms with van der Waals surface area (Å²) in [5.41, 5.74) is -0.324. The molecule has 3 N–H and O–H groups in total. The lowest BCUT2D eigenvalue weighted by atomic mass is 10.1. The molecule has 3 aromatic rings. The fraction of sp³-hybridized carbons (Fsp3) is 0.421. The second kappa shape index (κ2) is 10.1. The number of fused-ring (bicyclic) bond motifs is 1. The van der Waals surface area contributed by atoms with Crippen LogP contribution in [0.3, 0.4) is 0 Å². The highest BCUT2D eigenvalue weighted by Crippen LogP contribution is 2.35. The zero-order valence-electron chi connectivity index (χ0n) is 18.5. The molecule has 0 saturated carbocycles. The zero-order chi connectivity index (χ0) is 24.2. The van der Waals surface area contributed by atoms with Gasteiger partial charge in [0.05, 0.1) is 22.7 Å². The molecule has 2 aromatic heterocycles. The van der Waals surface area contributed by atoms with Gasteiger partial charge in [-0.1, -0.05) is 11.8 Å². The molecule has 2 heterocycles. The Labute approximate surface area is 192 Å². The van der Waals surface area contributed by atoms with Gasteiger partial charge in [0.2, 0.25) is 17.8 Å². The molecule has 3 rings (SSSR count). The molecular formula is C19H24F3N9OS. The van der Waals surface area contributed by atoms with Crippen molar-refractivity contribution < 1.29 is 18.0 Å². The maximum Gasteiger partial charge on any atom is 0.416 e. The largest absolute Gasteiger partial charge is 0.416 e. The third-order valence-corrected chi connectivity index (χ3v) is 5.26. The standard InChI is InChI=1S/C19H24F3N9OS/c1-5-23-15-26-16(24-6-2)31-17(27-15)28-29-18(31)33-10-14(32)25-12-9-11(19(20,21)22)7-8-13(12)30(3)4/h7-9H,5-6,10H2,1-4H3,(H,25,32)(H2,23,24,26,27,28). The van der Waals surface area contributed by atoms with E-state index in [0.29, 0.717) is 41.6 Å². The highest BCUT2D eigenvalue weighted by Gasteiger charge is 2.31. The predicted octanol–water partition coefficient (Wildman–Crippen LogP) is 3.20. The number of hydrogen-bond donors (Lipinski definition) is 3. The minimum Gasteiger partial charge on any atom is -0.376 e. The average molecular weight is 484 g/mol. The Morgan fingerprint density at radius 1 is 1.12 bits per heavy atom. The number of aromatic nitrogens is 5. The van der Waals surface area contributed by atoms with Crippen LogP contribution < -0.4 is 20.9 Å². The van der Waals surface area contributed by atoms with E-state index in [2.05, 4.69) is 36.1 Å². The topological polar surface area (TPSA) is 112 Å². The molecule has 0 bridgehead atoms. The second-order valence-electron chi connectivity index (χ2n) is 7.01. The van der Waals surface area contributed by atoms with E-state index in [-0.39, 0.29) is 11.4 Å². The van der Waals surface area contributed by atoms with Crippen molar-refractivity contribution in [2.24, 2.45) is 0 Å². The lowest BCUT2D eigenvalue weighted by Crippen LogP contribution is -2.19. The van der Waals surface area contributed by atoms with E-state index in [1.165, 1.54) is 6.07 Å². The number of nitrogens with zero attached hydrogens (tertiary/aromatic N) is 6. The molecule has 178 valence electrons. The number of rotatable bonds is 9. The Kier molecular flexibility index (Phi) is 7.46. The molecule has 0 atom stereocenters. The summed E-state index contributed by atoms with van der Waals surface area (Å²) >= 11 is 1.07. The van der Waals surface area contributed by atoms with Gasteiger partial charge < -0.3 is 20.9 Å². The summed E-state index contributed by atoms with van der Waals surface area (Å²) in [5, 5.41) is 17.2. The van der Waals surface area contributed by atoms with Gasteiger partial charge in [0.15, 0.2) is 5.16 Å². The van der Waals surface area contributed by atoms with Crippen LogP contribution in [0, 0.1) is 0 Å². The molecule has 0 saturated heterocycles. The average Bonchev–Trinajstić information content (AvgIpc) is 3.15. The lowest BCUT2D eigenvalue weighted by Gasteiger charge is -2.19. The lowest BCUT2D eigenvalue weighted by molar-refractivity contribution is -0.137. The minimum atomic E-state index is -4.52. The number of hydrogen-bond acceptors (Lipinski definition) is 9. The summed E-state index contributed by atoms with van der Waals surface area (Å²) in [4.78, 5) is 22.9. The van der Waals surface area contributed by atoms with Crippen molar-refractivity contribution in [2.45, 2.75) is 25.2 Å². The molecule has 10 nitrogen and oxygen atoms in total. The van der Waals surface area contributed by atoms with Crippen molar-refractivity contribution >= 4 is 46.7 Å². The number of alkyl halides is 3. The molecule has 33 heavy (non-hydrogen) atoms. The van der Waals surface area contributed by atoms with Gasteiger partial charge in [-0.2, -0.15) is 23.1 Å². The highest BCUT2D eigenvalue weighted by molar-refractivity contribution is 7.99. The Bertz CT molecular complexity index is 1130. The maximum atomic E-state index is 13.1. The molecular weight excluding hydrogens is 459 g/mol. The monoisotopic (exact) mass is 483 g/mol. The Hall–Kier alpha value is -3.29. The van der Waals surface area contributed by atoms with Gasteiger partial charge in [-0.3, -0.25) is 4.79 Å². The van der Waals surface area contributed by atoms with Crippen LogP contribution in [0.1, 0.15) is 19.4 Å². The maximum absolute atomic E-state index is 13.1. The van der Waals surface area contributed by atoms with Gasteiger partial charge in [-0.15, -0.1) is 10.2 Å². The summed E-state index contributed by atoms with van der Waals surface area (Å²) in [6, 6.07) is 3.22. The minimum absolute atomic E-state index is 0.0680. The van der Waals surface area contributed by atoms with E-state index in [1.54, 1.807) is 23.4 Å². The first-order valence-corrected chi connectivity index (χ1v) is 11.0. The first kappa shape index (κ1) is 24.4. The number of nitrogens with one attached hydrogen (secondary N) is 3. The van der Waals surface area contributed by atoms with E-state index >= 15 is 0 Å². The molecule has 0 aliphatic rings. The molecule has 0 unspecified atom stereocenters. The molecule has 1 amide bonds. The predicted molar refractivity (Wildman–Crippen MR) is 122 cm³/mol. The zero-order valence-corrected chi connectivity index (χ0v) is 19.3. The second-order valence-corrected chi connectivity index (χ2v) is 7.95. The summed E-state index contributed by atoms with van der Waals surface area (Å²) in [6.45, 7) is 5.03. The van der Waals surface area contributed by atoms with Crippen LogP contribution in [0.4, 0.5) is 36.4 Å². The summed E-state index contributed by atoms with van der Waals surface area (Å²) in [7, 11) is 3.36. The number of thioether (sulfide) groups is 1. The van der Waals surface area contributed by atoms with Crippen molar-refractivity contribution in [3.05, 3.63) is 23.8 Å². The van der Waals surface area contributed by atoms with Gasteiger partial charge in [-0.25, -0.2) is 4.40 Å². The summed E-state index contributed by atoms with van der Waals surface area (Å²) in [5.74, 6) is 0.550. The Morgan fingerprint density at radius 2 is 1.85 bits per heavy atom. The summed E-state index contributed by atoms with van der Waals surface area (Å²) < 4.78 is 41.0. The van der Waals surface area contributed by atoms with Crippen LogP contribution in [-0.2, 0) is 11.0 Å². The van der Waals surface area contributed by atoms with Crippen molar-refractivity contribution in [2.75, 3.05) is 53.8 Å². The quantitative estimate of drug-likeness (QED) is 0.395. The smallest absolute Gasteiger partial charge is 0.376 e. The SMILES string of the molecule is CCNc1nc(NCC)n2c(SCC(=O)Nc3cc(C(F)(F)F)ccc3N(C)C)nnc2n1. The number of amides is 1. The molecule has 0 aliphatic carbocycles. The van der Waals surface area contributed by atoms with E-state index in [0.717, 1.165) is 23.9 Å². The third-order valence-electron chi connectivity index (χ3n) is 4.33. The van der Waals surface area contributed by atoms with Crippen molar-refractivity contribution in [3.8, 4) is 0 Å². The molecule has 1 aromatic carbocycles. The number of carbonyl (C=O) groups excluding carboxylic acids is 1. The summed E-state index contributed by atoms with van der Waals surface area (Å²) in [6.07, 6.45) is -4.52. The van der Waals surface area contributed by atoms with Crippen LogP contribution >= 0.6 is 11.8 Å². The van der Waals surface area contributed by atoms with Gasteiger partial charge in [0.25, 0.3) is 5.78 Å². The van der Waals surface area contributed by atoms with Crippen LogP contribution in [0.5, 0.6) is 0 Å².